The second-order valence-electron chi connectivity index (χ2n) is 4.42. The molecule has 0 atom stereocenters. The van der Waals surface area contributed by atoms with E-state index in [-0.39, 0.29) is 18.1 Å². The molecular formula is C15H15N3O3. The molecule has 0 aromatic heterocycles. The lowest BCUT2D eigenvalue weighted by Gasteiger charge is -2.07. The highest BCUT2D eigenvalue weighted by Gasteiger charge is 2.05. The fourth-order valence-electron chi connectivity index (χ4n) is 1.74. The first-order valence-electron chi connectivity index (χ1n) is 6.44. The molecule has 0 saturated carbocycles. The summed E-state index contributed by atoms with van der Waals surface area (Å²) in [6.45, 7) is 0.518. The van der Waals surface area contributed by atoms with E-state index >= 15 is 0 Å². The van der Waals surface area contributed by atoms with Crippen molar-refractivity contribution in [1.29, 1.82) is 0 Å². The van der Waals surface area contributed by atoms with Crippen molar-refractivity contribution >= 4 is 17.3 Å². The van der Waals surface area contributed by atoms with Gasteiger partial charge in [-0.1, -0.05) is 30.3 Å². The Bertz CT molecular complexity index is 612. The van der Waals surface area contributed by atoms with Crippen molar-refractivity contribution in [3.63, 3.8) is 0 Å². The molecule has 0 aliphatic rings. The number of nitrogens with zero attached hydrogens (tertiary/aromatic N) is 1. The minimum atomic E-state index is -0.452. The number of anilines is 1. The Morgan fingerprint density at radius 3 is 2.33 bits per heavy atom. The number of non-ortho nitro benzene ring substituents is 1. The largest absolute Gasteiger partial charge is 0.376 e. The van der Waals surface area contributed by atoms with Crippen LogP contribution in [0.4, 0.5) is 11.4 Å². The Morgan fingerprint density at radius 1 is 1.05 bits per heavy atom. The molecule has 6 nitrogen and oxygen atoms in total. The number of nitrogens with one attached hydrogen (secondary N) is 2. The van der Waals surface area contributed by atoms with Crippen molar-refractivity contribution in [2.45, 2.75) is 6.54 Å². The van der Waals surface area contributed by atoms with Gasteiger partial charge in [-0.05, 0) is 17.7 Å². The van der Waals surface area contributed by atoms with Crippen LogP contribution in [0.2, 0.25) is 0 Å². The summed E-state index contributed by atoms with van der Waals surface area (Å²) >= 11 is 0. The summed E-state index contributed by atoms with van der Waals surface area (Å²) in [5.74, 6) is -0.141. The molecule has 2 aromatic rings. The Hall–Kier alpha value is -2.89. The quantitative estimate of drug-likeness (QED) is 0.630. The van der Waals surface area contributed by atoms with Gasteiger partial charge in [0.25, 0.3) is 5.69 Å². The molecule has 0 aliphatic heterocycles. The number of carbonyl (C=O) groups is 1. The number of nitro benzene ring substituents is 1. The molecule has 0 aliphatic carbocycles. The minimum Gasteiger partial charge on any atom is -0.376 e. The first kappa shape index (κ1) is 14.5. The molecule has 0 spiro atoms. The Morgan fingerprint density at radius 2 is 1.71 bits per heavy atom. The first-order chi connectivity index (χ1) is 10.1. The molecule has 0 saturated heterocycles. The molecule has 0 radical (unpaired) electrons. The Balaban J connectivity index is 1.77. The number of benzene rings is 2. The lowest BCUT2D eigenvalue weighted by Crippen LogP contribution is -2.29. The van der Waals surface area contributed by atoms with Crippen LogP contribution in [0.15, 0.2) is 54.6 Å². The van der Waals surface area contributed by atoms with Crippen LogP contribution >= 0.6 is 0 Å². The number of rotatable bonds is 6. The standard InChI is InChI=1S/C15H15N3O3/c19-15(11-16-13-4-2-1-3-5-13)17-10-12-6-8-14(9-7-12)18(20)21/h1-9,16H,10-11H2,(H,17,19). The zero-order valence-corrected chi connectivity index (χ0v) is 11.3. The summed E-state index contributed by atoms with van der Waals surface area (Å²) in [5.41, 5.74) is 1.73. The van der Waals surface area contributed by atoms with E-state index < -0.39 is 4.92 Å². The average molecular weight is 285 g/mol. The predicted octanol–water partition coefficient (Wildman–Crippen LogP) is 2.32. The van der Waals surface area contributed by atoms with E-state index in [1.165, 1.54) is 12.1 Å². The third-order valence-electron chi connectivity index (χ3n) is 2.86. The Labute approximate surface area is 121 Å². The van der Waals surface area contributed by atoms with Crippen LogP contribution in [0, 0.1) is 10.1 Å². The molecule has 108 valence electrons. The molecule has 6 heteroatoms. The number of hydrogen-bond donors (Lipinski definition) is 2. The van der Waals surface area contributed by atoms with Gasteiger partial charge in [0.1, 0.15) is 0 Å². The van der Waals surface area contributed by atoms with Crippen molar-refractivity contribution in [3.8, 4) is 0 Å². The van der Waals surface area contributed by atoms with Crippen LogP contribution < -0.4 is 10.6 Å². The number of amides is 1. The van der Waals surface area contributed by atoms with Crippen LogP contribution in [0.1, 0.15) is 5.56 Å². The van der Waals surface area contributed by atoms with Gasteiger partial charge in [-0.3, -0.25) is 14.9 Å². The van der Waals surface area contributed by atoms with Gasteiger partial charge in [-0.15, -0.1) is 0 Å². The van der Waals surface area contributed by atoms with Crippen molar-refractivity contribution in [1.82, 2.24) is 5.32 Å². The third-order valence-corrected chi connectivity index (χ3v) is 2.86. The summed E-state index contributed by atoms with van der Waals surface area (Å²) in [5, 5.41) is 16.3. The topological polar surface area (TPSA) is 84.3 Å². The van der Waals surface area contributed by atoms with Crippen LogP contribution in [0.5, 0.6) is 0 Å². The monoisotopic (exact) mass is 285 g/mol. The zero-order valence-electron chi connectivity index (χ0n) is 11.3. The highest BCUT2D eigenvalue weighted by molar-refractivity contribution is 5.80. The summed E-state index contributed by atoms with van der Waals surface area (Å²) in [6.07, 6.45) is 0. The van der Waals surface area contributed by atoms with Gasteiger partial charge in [0.15, 0.2) is 0 Å². The molecule has 0 bridgehead atoms. The maximum atomic E-state index is 11.7. The van der Waals surface area contributed by atoms with E-state index in [0.717, 1.165) is 11.3 Å². The maximum absolute atomic E-state index is 11.7. The van der Waals surface area contributed by atoms with Gasteiger partial charge in [-0.25, -0.2) is 0 Å². The van der Waals surface area contributed by atoms with Gasteiger partial charge in [-0.2, -0.15) is 0 Å². The van der Waals surface area contributed by atoms with Crippen molar-refractivity contribution in [2.24, 2.45) is 0 Å². The Kier molecular flexibility index (Phi) is 4.87. The maximum Gasteiger partial charge on any atom is 0.269 e. The van der Waals surface area contributed by atoms with Crippen LogP contribution in [-0.2, 0) is 11.3 Å². The predicted molar refractivity (Wildman–Crippen MR) is 79.9 cm³/mol. The smallest absolute Gasteiger partial charge is 0.269 e. The van der Waals surface area contributed by atoms with E-state index in [2.05, 4.69) is 10.6 Å². The SMILES string of the molecule is O=C(CNc1ccccc1)NCc1ccc([N+](=O)[O-])cc1. The van der Waals surface area contributed by atoms with Gasteiger partial charge in [0.05, 0.1) is 11.5 Å². The van der Waals surface area contributed by atoms with Crippen molar-refractivity contribution in [3.05, 3.63) is 70.3 Å². The molecular weight excluding hydrogens is 270 g/mol. The molecule has 0 heterocycles. The van der Waals surface area contributed by atoms with Gasteiger partial charge in [0, 0.05) is 24.4 Å². The summed E-state index contributed by atoms with van der Waals surface area (Å²) in [6, 6.07) is 15.5. The second kappa shape index (κ2) is 7.04. The highest BCUT2D eigenvalue weighted by Crippen LogP contribution is 2.11. The number of hydrogen-bond acceptors (Lipinski definition) is 4. The van der Waals surface area contributed by atoms with E-state index in [9.17, 15) is 14.9 Å². The van der Waals surface area contributed by atoms with Crippen LogP contribution in [0.25, 0.3) is 0 Å². The average Bonchev–Trinajstić information content (AvgIpc) is 2.52. The molecule has 1 amide bonds. The van der Waals surface area contributed by atoms with E-state index in [0.29, 0.717) is 6.54 Å². The lowest BCUT2D eigenvalue weighted by atomic mass is 10.2. The number of para-hydroxylation sites is 1. The number of carbonyl (C=O) groups excluding carboxylic acids is 1. The van der Waals surface area contributed by atoms with E-state index in [1.54, 1.807) is 12.1 Å². The van der Waals surface area contributed by atoms with E-state index in [1.807, 2.05) is 30.3 Å². The summed E-state index contributed by atoms with van der Waals surface area (Å²) in [4.78, 5) is 21.8. The second-order valence-corrected chi connectivity index (χ2v) is 4.42. The summed E-state index contributed by atoms with van der Waals surface area (Å²) in [7, 11) is 0. The number of nitro groups is 1. The molecule has 2 rings (SSSR count). The molecule has 2 N–H and O–H groups in total. The normalized spacial score (nSPS) is 9.90. The van der Waals surface area contributed by atoms with Crippen molar-refractivity contribution in [2.75, 3.05) is 11.9 Å². The fraction of sp³-hybridized carbons (Fsp3) is 0.133. The fourth-order valence-corrected chi connectivity index (χ4v) is 1.74. The van der Waals surface area contributed by atoms with Gasteiger partial charge < -0.3 is 10.6 Å². The minimum absolute atomic E-state index is 0.0378. The molecule has 0 fully saturated rings. The molecule has 2 aromatic carbocycles. The summed E-state index contributed by atoms with van der Waals surface area (Å²) < 4.78 is 0. The van der Waals surface area contributed by atoms with Crippen LogP contribution in [0.3, 0.4) is 0 Å². The van der Waals surface area contributed by atoms with Crippen LogP contribution in [-0.4, -0.2) is 17.4 Å². The molecule has 21 heavy (non-hydrogen) atoms. The van der Waals surface area contributed by atoms with Crippen molar-refractivity contribution < 1.29 is 9.72 Å². The first-order valence-corrected chi connectivity index (χ1v) is 6.44. The highest BCUT2D eigenvalue weighted by atomic mass is 16.6. The third kappa shape index (κ3) is 4.61. The zero-order chi connectivity index (χ0) is 15.1. The molecule has 0 unspecified atom stereocenters. The van der Waals surface area contributed by atoms with Gasteiger partial charge >= 0.3 is 0 Å². The lowest BCUT2D eigenvalue weighted by molar-refractivity contribution is -0.384. The van der Waals surface area contributed by atoms with E-state index in [4.69, 9.17) is 0 Å². The van der Waals surface area contributed by atoms with Gasteiger partial charge in [0.2, 0.25) is 5.91 Å².